The molecule has 0 saturated heterocycles. The Morgan fingerprint density at radius 2 is 1.51 bits per heavy atom. The SMILES string of the molecule is CCOC(=O)c1cc(C2CC2)c2c(C)c(-c3cc4c(s3)CC(COCOC)N(C(c3ccccc3)(c3ccccc3)c3ccccc3)C4)ccn2c1=O. The maximum absolute atomic E-state index is 13.7. The second-order valence-corrected chi connectivity index (χ2v) is 15.2. The van der Waals surface area contributed by atoms with E-state index in [0.29, 0.717) is 19.1 Å². The van der Waals surface area contributed by atoms with Crippen LogP contribution >= 0.6 is 11.3 Å². The van der Waals surface area contributed by atoms with Crippen LogP contribution < -0.4 is 5.56 Å². The molecule has 3 aromatic heterocycles. The van der Waals surface area contributed by atoms with Crippen LogP contribution in [-0.4, -0.2) is 48.4 Å². The first-order valence-corrected chi connectivity index (χ1v) is 19.2. The summed E-state index contributed by atoms with van der Waals surface area (Å²) in [5, 5.41) is 0. The standard InChI is InChI=1S/C45H44N2O5S/c1-4-52-44(49)39-26-38(31-20-21-31)42-30(2)37(22-23-46(42)43(39)48)41-24-32-27-47(36(25-40(32)53-41)28-51-29-50-3)45(33-14-8-5-9-15-33,34-16-10-6-11-17-34)35-18-12-7-13-19-35/h5-19,22-24,26,31,36H,4,20-21,25,27-29H2,1-3H3. The van der Waals surface area contributed by atoms with Gasteiger partial charge in [-0.3, -0.25) is 14.1 Å². The van der Waals surface area contributed by atoms with Crippen LogP contribution in [0.25, 0.3) is 16.0 Å². The van der Waals surface area contributed by atoms with E-state index in [4.69, 9.17) is 14.2 Å². The average molecular weight is 725 g/mol. The van der Waals surface area contributed by atoms with E-state index < -0.39 is 11.5 Å². The highest BCUT2D eigenvalue weighted by atomic mass is 32.1. The van der Waals surface area contributed by atoms with E-state index in [1.165, 1.54) is 32.0 Å². The second-order valence-electron chi connectivity index (χ2n) is 14.0. The van der Waals surface area contributed by atoms with Crippen molar-refractivity contribution in [2.24, 2.45) is 0 Å². The number of benzene rings is 3. The molecule has 1 saturated carbocycles. The van der Waals surface area contributed by atoms with Crippen LogP contribution in [0.5, 0.6) is 0 Å². The number of esters is 1. The molecule has 1 fully saturated rings. The number of aryl methyl sites for hydroxylation is 1. The molecular weight excluding hydrogens is 681 g/mol. The van der Waals surface area contributed by atoms with Crippen molar-refractivity contribution in [3.05, 3.63) is 170 Å². The van der Waals surface area contributed by atoms with Gasteiger partial charge in [0.15, 0.2) is 0 Å². The minimum absolute atomic E-state index is 0.0313. The molecule has 0 amide bonds. The summed E-state index contributed by atoms with van der Waals surface area (Å²) in [5.74, 6) is -0.236. The predicted octanol–water partition coefficient (Wildman–Crippen LogP) is 8.73. The van der Waals surface area contributed by atoms with Gasteiger partial charge in [0, 0.05) is 35.6 Å². The van der Waals surface area contributed by atoms with Crippen molar-refractivity contribution < 1.29 is 19.0 Å². The minimum Gasteiger partial charge on any atom is -0.462 e. The summed E-state index contributed by atoms with van der Waals surface area (Å²) in [6.45, 7) is 5.51. The van der Waals surface area contributed by atoms with Crippen molar-refractivity contribution in [1.29, 1.82) is 0 Å². The third-order valence-electron chi connectivity index (χ3n) is 10.8. The molecular formula is C45H44N2O5S. The largest absolute Gasteiger partial charge is 0.462 e. The minimum atomic E-state index is -0.611. The number of ether oxygens (including phenoxy) is 3. The molecule has 2 aliphatic rings. The molecule has 1 atom stereocenters. The lowest BCUT2D eigenvalue weighted by Gasteiger charge is -2.51. The van der Waals surface area contributed by atoms with Crippen molar-refractivity contribution in [3.8, 4) is 10.4 Å². The van der Waals surface area contributed by atoms with Gasteiger partial charge >= 0.3 is 5.97 Å². The Morgan fingerprint density at radius 1 is 0.887 bits per heavy atom. The van der Waals surface area contributed by atoms with E-state index >= 15 is 0 Å². The monoisotopic (exact) mass is 724 g/mol. The zero-order valence-electron chi connectivity index (χ0n) is 30.4. The fourth-order valence-corrected chi connectivity index (χ4v) is 9.64. The number of thiophene rings is 1. The molecule has 3 aromatic carbocycles. The number of aromatic nitrogens is 1. The number of methoxy groups -OCH3 is 1. The van der Waals surface area contributed by atoms with Crippen LogP contribution in [0.15, 0.2) is 120 Å². The highest BCUT2D eigenvalue weighted by Gasteiger charge is 2.47. The molecule has 270 valence electrons. The Balaban J connectivity index is 1.28. The maximum atomic E-state index is 13.7. The fourth-order valence-electron chi connectivity index (χ4n) is 8.31. The Bertz CT molecular complexity index is 2200. The van der Waals surface area contributed by atoms with Gasteiger partial charge in [-0.1, -0.05) is 91.0 Å². The number of hydrogen-bond acceptors (Lipinski definition) is 7. The average Bonchev–Trinajstić information content (AvgIpc) is 3.96. The molecule has 8 rings (SSSR count). The summed E-state index contributed by atoms with van der Waals surface area (Å²) in [6, 6.07) is 38.7. The summed E-state index contributed by atoms with van der Waals surface area (Å²) in [5.41, 5.74) is 8.13. The number of pyridine rings is 2. The summed E-state index contributed by atoms with van der Waals surface area (Å²) in [4.78, 5) is 31.6. The highest BCUT2D eigenvalue weighted by Crippen LogP contribution is 2.49. The first-order valence-electron chi connectivity index (χ1n) is 18.4. The maximum Gasteiger partial charge on any atom is 0.343 e. The summed E-state index contributed by atoms with van der Waals surface area (Å²) in [7, 11) is 1.66. The molecule has 0 radical (unpaired) electrons. The molecule has 1 aliphatic heterocycles. The Kier molecular flexibility index (Phi) is 9.87. The molecule has 0 bridgehead atoms. The first kappa shape index (κ1) is 35.2. The lowest BCUT2D eigenvalue weighted by Crippen LogP contribution is -2.56. The van der Waals surface area contributed by atoms with E-state index in [9.17, 15) is 9.59 Å². The number of rotatable bonds is 12. The van der Waals surface area contributed by atoms with Gasteiger partial charge in [0.1, 0.15) is 12.4 Å². The smallest absolute Gasteiger partial charge is 0.343 e. The van der Waals surface area contributed by atoms with Gasteiger partial charge < -0.3 is 14.2 Å². The molecule has 7 nitrogen and oxygen atoms in total. The number of fused-ring (bicyclic) bond motifs is 2. The van der Waals surface area contributed by atoms with Crippen molar-refractivity contribution in [1.82, 2.24) is 9.30 Å². The quantitative estimate of drug-likeness (QED) is 0.0545. The number of nitrogens with zero attached hydrogens (tertiary/aromatic N) is 2. The van der Waals surface area contributed by atoms with Crippen LogP contribution in [0, 0.1) is 6.92 Å². The van der Waals surface area contributed by atoms with Gasteiger partial charge in [0.25, 0.3) is 5.56 Å². The Hall–Kier alpha value is -4.86. The van der Waals surface area contributed by atoms with Crippen molar-refractivity contribution in [2.45, 2.75) is 57.2 Å². The lowest BCUT2D eigenvalue weighted by molar-refractivity contribution is -0.0647. The molecule has 6 aromatic rings. The highest BCUT2D eigenvalue weighted by molar-refractivity contribution is 7.15. The zero-order valence-corrected chi connectivity index (χ0v) is 31.2. The van der Waals surface area contributed by atoms with Crippen molar-refractivity contribution in [3.63, 3.8) is 0 Å². The molecule has 0 spiro atoms. The molecule has 53 heavy (non-hydrogen) atoms. The van der Waals surface area contributed by atoms with Crippen LogP contribution in [0.2, 0.25) is 0 Å². The van der Waals surface area contributed by atoms with Gasteiger partial charge in [-0.2, -0.15) is 0 Å². The van der Waals surface area contributed by atoms with Crippen LogP contribution in [0.4, 0.5) is 0 Å². The number of carbonyl (C=O) groups is 1. The second kappa shape index (κ2) is 14.9. The molecule has 1 aliphatic carbocycles. The van der Waals surface area contributed by atoms with Gasteiger partial charge in [-0.05, 0) is 96.2 Å². The summed E-state index contributed by atoms with van der Waals surface area (Å²) >= 11 is 1.83. The van der Waals surface area contributed by atoms with Crippen LogP contribution in [0.3, 0.4) is 0 Å². The van der Waals surface area contributed by atoms with E-state index in [2.05, 4.69) is 109 Å². The molecule has 0 N–H and O–H groups in total. The third kappa shape index (κ3) is 6.33. The zero-order chi connectivity index (χ0) is 36.5. The summed E-state index contributed by atoms with van der Waals surface area (Å²) in [6.07, 6.45) is 4.73. The van der Waals surface area contributed by atoms with Crippen molar-refractivity contribution >= 4 is 22.8 Å². The van der Waals surface area contributed by atoms with Gasteiger partial charge in [-0.15, -0.1) is 11.3 Å². The van der Waals surface area contributed by atoms with Gasteiger partial charge in [-0.25, -0.2) is 4.79 Å². The van der Waals surface area contributed by atoms with Crippen molar-refractivity contribution in [2.75, 3.05) is 27.1 Å². The number of carbonyl (C=O) groups excluding carboxylic acids is 1. The fraction of sp³-hybridized carbons (Fsp3) is 0.289. The summed E-state index contributed by atoms with van der Waals surface area (Å²) < 4.78 is 18.5. The first-order chi connectivity index (χ1) is 25.9. The molecule has 4 heterocycles. The predicted molar refractivity (Wildman–Crippen MR) is 210 cm³/mol. The van der Waals surface area contributed by atoms with Crippen LogP contribution in [0.1, 0.15) is 74.3 Å². The van der Waals surface area contributed by atoms with E-state index in [0.717, 1.165) is 41.5 Å². The van der Waals surface area contributed by atoms with Gasteiger partial charge in [0.05, 0.1) is 24.3 Å². The third-order valence-corrected chi connectivity index (χ3v) is 12.0. The lowest BCUT2D eigenvalue weighted by atomic mass is 9.73. The van der Waals surface area contributed by atoms with Crippen LogP contribution in [-0.2, 0) is 32.7 Å². The topological polar surface area (TPSA) is 69.5 Å². The Morgan fingerprint density at radius 3 is 2.08 bits per heavy atom. The normalized spacial score (nSPS) is 16.1. The Labute approximate surface area is 314 Å². The van der Waals surface area contributed by atoms with E-state index in [-0.39, 0.29) is 30.6 Å². The van der Waals surface area contributed by atoms with E-state index in [1.807, 2.05) is 23.6 Å². The number of hydrogen-bond donors (Lipinski definition) is 0. The molecule has 1 unspecified atom stereocenters. The van der Waals surface area contributed by atoms with Gasteiger partial charge in [0.2, 0.25) is 0 Å². The van der Waals surface area contributed by atoms with E-state index in [1.54, 1.807) is 24.5 Å². The molecule has 8 heteroatoms.